The van der Waals surface area contributed by atoms with Crippen LogP contribution in [0.5, 0.6) is 11.5 Å². The quantitative estimate of drug-likeness (QED) is 0.735. The number of nitrogens with zero attached hydrogens (tertiary/aromatic N) is 1. The number of hydrogen-bond acceptors (Lipinski definition) is 5. The van der Waals surface area contributed by atoms with E-state index >= 15 is 0 Å². The van der Waals surface area contributed by atoms with Crippen molar-refractivity contribution in [2.45, 2.75) is 6.54 Å². The molecule has 3 aromatic rings. The fraction of sp³-hybridized carbons (Fsp3) is 0.143. The molecule has 0 saturated carbocycles. The maximum absolute atomic E-state index is 12.8. The number of carbonyl (C=O) groups excluding carboxylic acids is 2. The van der Waals surface area contributed by atoms with Crippen LogP contribution >= 0.6 is 0 Å². The molecule has 1 N–H and O–H groups in total. The maximum Gasteiger partial charge on any atom is 0.291 e. The van der Waals surface area contributed by atoms with Crippen molar-refractivity contribution in [1.29, 1.82) is 0 Å². The Morgan fingerprint density at radius 2 is 1.89 bits per heavy atom. The molecule has 7 nitrogen and oxygen atoms in total. The summed E-state index contributed by atoms with van der Waals surface area (Å²) in [5, 5.41) is 2.72. The number of anilines is 1. The maximum atomic E-state index is 12.8. The van der Waals surface area contributed by atoms with Crippen LogP contribution in [0.1, 0.15) is 26.5 Å². The van der Waals surface area contributed by atoms with Crippen molar-refractivity contribution >= 4 is 17.5 Å². The van der Waals surface area contributed by atoms with Crippen LogP contribution < -0.4 is 14.8 Å². The van der Waals surface area contributed by atoms with Gasteiger partial charge in [0.15, 0.2) is 17.3 Å². The lowest BCUT2D eigenvalue weighted by Gasteiger charge is -2.18. The topological polar surface area (TPSA) is 81.0 Å². The molecule has 0 atom stereocenters. The Kier molecular flexibility index (Phi) is 4.72. The van der Waals surface area contributed by atoms with E-state index in [1.54, 1.807) is 48.3 Å². The minimum atomic E-state index is -0.372. The van der Waals surface area contributed by atoms with Gasteiger partial charge < -0.3 is 24.1 Å². The molecule has 0 saturated heterocycles. The lowest BCUT2D eigenvalue weighted by molar-refractivity contribution is 0.0784. The van der Waals surface area contributed by atoms with Crippen LogP contribution in [-0.2, 0) is 6.54 Å². The summed E-state index contributed by atoms with van der Waals surface area (Å²) in [6.45, 7) is 0.628. The molecule has 0 spiro atoms. The zero-order chi connectivity index (χ0) is 19.5. The molecular weight excluding hydrogens is 360 g/mol. The van der Waals surface area contributed by atoms with Gasteiger partial charge in [-0.05, 0) is 48.0 Å². The van der Waals surface area contributed by atoms with Crippen LogP contribution in [-0.4, -0.2) is 30.6 Å². The van der Waals surface area contributed by atoms with Gasteiger partial charge in [0.1, 0.15) is 0 Å². The first-order chi connectivity index (χ1) is 13.6. The van der Waals surface area contributed by atoms with Crippen molar-refractivity contribution in [1.82, 2.24) is 4.90 Å². The monoisotopic (exact) mass is 378 g/mol. The minimum Gasteiger partial charge on any atom is -0.459 e. The number of amides is 2. The van der Waals surface area contributed by atoms with E-state index in [1.807, 2.05) is 18.2 Å². The molecule has 142 valence electrons. The largest absolute Gasteiger partial charge is 0.459 e. The Balaban J connectivity index is 1.44. The van der Waals surface area contributed by atoms with Gasteiger partial charge in [-0.3, -0.25) is 9.59 Å². The molecule has 28 heavy (non-hydrogen) atoms. The number of furan rings is 1. The molecule has 7 heteroatoms. The molecule has 0 radical (unpaired) electrons. The average molecular weight is 378 g/mol. The molecule has 0 unspecified atom stereocenters. The third-order valence-electron chi connectivity index (χ3n) is 4.32. The molecule has 0 fully saturated rings. The molecule has 2 aromatic carbocycles. The van der Waals surface area contributed by atoms with Gasteiger partial charge in [0.2, 0.25) is 6.79 Å². The van der Waals surface area contributed by atoms with Crippen molar-refractivity contribution in [2.75, 3.05) is 19.2 Å². The lowest BCUT2D eigenvalue weighted by Crippen LogP contribution is -2.26. The predicted octanol–water partition coefficient (Wildman–Crippen LogP) is 3.53. The molecule has 1 aliphatic heterocycles. The van der Waals surface area contributed by atoms with E-state index < -0.39 is 0 Å². The van der Waals surface area contributed by atoms with Crippen LogP contribution in [0.3, 0.4) is 0 Å². The molecule has 2 heterocycles. The predicted molar refractivity (Wildman–Crippen MR) is 101 cm³/mol. The zero-order valence-corrected chi connectivity index (χ0v) is 15.2. The van der Waals surface area contributed by atoms with Gasteiger partial charge in [-0.1, -0.05) is 12.1 Å². The highest BCUT2D eigenvalue weighted by atomic mass is 16.7. The van der Waals surface area contributed by atoms with E-state index in [0.717, 1.165) is 5.56 Å². The molecular formula is C21H18N2O5. The molecule has 4 rings (SSSR count). The highest BCUT2D eigenvalue weighted by molar-refractivity contribution is 6.03. The fourth-order valence-electron chi connectivity index (χ4n) is 2.94. The van der Waals surface area contributed by atoms with E-state index in [0.29, 0.717) is 29.3 Å². The van der Waals surface area contributed by atoms with Crippen molar-refractivity contribution in [3.05, 3.63) is 77.7 Å². The zero-order valence-electron chi connectivity index (χ0n) is 15.2. The van der Waals surface area contributed by atoms with Gasteiger partial charge in [-0.15, -0.1) is 0 Å². The van der Waals surface area contributed by atoms with Gasteiger partial charge in [0.25, 0.3) is 11.8 Å². The number of hydrogen-bond donors (Lipinski definition) is 1. The third kappa shape index (κ3) is 3.68. The lowest BCUT2D eigenvalue weighted by atomic mass is 10.1. The van der Waals surface area contributed by atoms with Crippen LogP contribution in [0.15, 0.2) is 65.3 Å². The SMILES string of the molecule is CN(Cc1ccc2c(c1)OCO2)C(=O)c1cccc(NC(=O)c2ccco2)c1. The fourth-order valence-corrected chi connectivity index (χ4v) is 2.94. The Hall–Kier alpha value is -3.74. The van der Waals surface area contributed by atoms with E-state index in [-0.39, 0.29) is 24.4 Å². The molecule has 1 aliphatic rings. The van der Waals surface area contributed by atoms with Gasteiger partial charge in [0.05, 0.1) is 6.26 Å². The first-order valence-electron chi connectivity index (χ1n) is 8.69. The summed E-state index contributed by atoms with van der Waals surface area (Å²) in [6.07, 6.45) is 1.43. The second kappa shape index (κ2) is 7.48. The normalized spacial score (nSPS) is 11.9. The third-order valence-corrected chi connectivity index (χ3v) is 4.32. The summed E-state index contributed by atoms with van der Waals surface area (Å²) < 4.78 is 15.8. The second-order valence-electron chi connectivity index (χ2n) is 6.36. The molecule has 1 aromatic heterocycles. The van der Waals surface area contributed by atoms with E-state index in [1.165, 1.54) is 6.26 Å². The molecule has 0 aliphatic carbocycles. The summed E-state index contributed by atoms with van der Waals surface area (Å²) >= 11 is 0. The Morgan fingerprint density at radius 3 is 2.71 bits per heavy atom. The van der Waals surface area contributed by atoms with Gasteiger partial charge in [-0.25, -0.2) is 0 Å². The van der Waals surface area contributed by atoms with Crippen molar-refractivity contribution in [2.24, 2.45) is 0 Å². The highest BCUT2D eigenvalue weighted by Gasteiger charge is 2.17. The minimum absolute atomic E-state index is 0.160. The number of fused-ring (bicyclic) bond motifs is 1. The van der Waals surface area contributed by atoms with Crippen molar-refractivity contribution < 1.29 is 23.5 Å². The summed E-state index contributed by atoms with van der Waals surface area (Å²) in [6, 6.07) is 15.6. The van der Waals surface area contributed by atoms with Crippen molar-refractivity contribution in [3.8, 4) is 11.5 Å². The van der Waals surface area contributed by atoms with Crippen molar-refractivity contribution in [3.63, 3.8) is 0 Å². The van der Waals surface area contributed by atoms with Gasteiger partial charge in [-0.2, -0.15) is 0 Å². The number of nitrogens with one attached hydrogen (secondary N) is 1. The Morgan fingerprint density at radius 1 is 1.04 bits per heavy atom. The Labute approximate surface area is 161 Å². The molecule has 2 amide bonds. The summed E-state index contributed by atoms with van der Waals surface area (Å²) in [4.78, 5) is 26.5. The number of ether oxygens (including phenoxy) is 2. The van der Waals surface area contributed by atoms with Crippen LogP contribution in [0, 0.1) is 0 Å². The van der Waals surface area contributed by atoms with E-state index in [4.69, 9.17) is 13.9 Å². The van der Waals surface area contributed by atoms with Crippen LogP contribution in [0.25, 0.3) is 0 Å². The number of benzene rings is 2. The summed E-state index contributed by atoms with van der Waals surface area (Å²) in [5.41, 5.74) is 1.92. The average Bonchev–Trinajstić information content (AvgIpc) is 3.39. The Bertz CT molecular complexity index is 1010. The number of carbonyl (C=O) groups is 2. The van der Waals surface area contributed by atoms with E-state index in [2.05, 4.69) is 5.32 Å². The van der Waals surface area contributed by atoms with Gasteiger partial charge >= 0.3 is 0 Å². The highest BCUT2D eigenvalue weighted by Crippen LogP contribution is 2.32. The first kappa shape index (κ1) is 17.7. The number of rotatable bonds is 5. The summed E-state index contributed by atoms with van der Waals surface area (Å²) in [5.74, 6) is 1.06. The summed E-state index contributed by atoms with van der Waals surface area (Å²) in [7, 11) is 1.72. The van der Waals surface area contributed by atoms with Crippen LogP contribution in [0.4, 0.5) is 5.69 Å². The standard InChI is InChI=1S/C21H18N2O5/c1-23(12-14-7-8-17-19(10-14)28-13-27-17)21(25)15-4-2-5-16(11-15)22-20(24)18-6-3-9-26-18/h2-11H,12-13H2,1H3,(H,22,24). The second-order valence-corrected chi connectivity index (χ2v) is 6.36. The first-order valence-corrected chi connectivity index (χ1v) is 8.69. The van der Waals surface area contributed by atoms with Crippen LogP contribution in [0.2, 0.25) is 0 Å². The van der Waals surface area contributed by atoms with Gasteiger partial charge in [0, 0.05) is 24.8 Å². The molecule has 0 bridgehead atoms. The van der Waals surface area contributed by atoms with E-state index in [9.17, 15) is 9.59 Å². The smallest absolute Gasteiger partial charge is 0.291 e.